The van der Waals surface area contributed by atoms with E-state index in [-0.39, 0.29) is 12.2 Å². The highest BCUT2D eigenvalue weighted by Gasteiger charge is 2.36. The molecule has 2 aromatic heterocycles. The Kier molecular flexibility index (Phi) is 5.90. The second-order valence-electron chi connectivity index (χ2n) is 8.15. The molecule has 1 aliphatic heterocycles. The van der Waals surface area contributed by atoms with E-state index in [1.54, 1.807) is 31.6 Å². The van der Waals surface area contributed by atoms with Gasteiger partial charge in [0.25, 0.3) is 5.56 Å². The molecule has 3 heterocycles. The number of allylic oxidation sites excluding steroid dienone is 1. The number of carbonyl (C=O) groups is 1. The van der Waals surface area contributed by atoms with E-state index in [2.05, 4.69) is 4.99 Å². The van der Waals surface area contributed by atoms with E-state index < -0.39 is 12.0 Å². The smallest absolute Gasteiger partial charge is 0.338 e. The number of esters is 1. The highest BCUT2D eigenvalue weighted by Crippen LogP contribution is 2.40. The van der Waals surface area contributed by atoms with Gasteiger partial charge in [0.2, 0.25) is 0 Å². The number of hydrogen-bond acceptors (Lipinski definition) is 7. The molecule has 2 aromatic carbocycles. The largest absolute Gasteiger partial charge is 0.496 e. The molecule has 0 spiro atoms. The van der Waals surface area contributed by atoms with Gasteiger partial charge in [-0.1, -0.05) is 41.7 Å². The van der Waals surface area contributed by atoms with Crippen LogP contribution in [0.15, 0.2) is 74.0 Å². The number of hydrogen-bond donors (Lipinski definition) is 0. The Morgan fingerprint density at radius 2 is 1.97 bits per heavy atom. The van der Waals surface area contributed by atoms with Gasteiger partial charge in [0.15, 0.2) is 4.80 Å². The molecule has 0 unspecified atom stereocenters. The highest BCUT2D eigenvalue weighted by atomic mass is 32.1. The van der Waals surface area contributed by atoms with Crippen LogP contribution in [0, 0.1) is 6.92 Å². The summed E-state index contributed by atoms with van der Waals surface area (Å²) in [6.45, 7) is 5.57. The monoisotopic (exact) mass is 488 g/mol. The molecule has 0 bridgehead atoms. The van der Waals surface area contributed by atoms with Crippen LogP contribution < -0.4 is 19.6 Å². The molecule has 0 aliphatic carbocycles. The normalized spacial score (nSPS) is 15.8. The summed E-state index contributed by atoms with van der Waals surface area (Å²) in [4.78, 5) is 32.2. The number of thiazole rings is 1. The van der Waals surface area contributed by atoms with Crippen molar-refractivity contribution in [2.75, 3.05) is 13.7 Å². The van der Waals surface area contributed by atoms with E-state index >= 15 is 0 Å². The van der Waals surface area contributed by atoms with Gasteiger partial charge in [-0.2, -0.15) is 0 Å². The zero-order valence-corrected chi connectivity index (χ0v) is 20.6. The number of furan rings is 1. The Morgan fingerprint density at radius 3 is 2.69 bits per heavy atom. The van der Waals surface area contributed by atoms with Crippen LogP contribution in [0.2, 0.25) is 0 Å². The molecule has 5 rings (SSSR count). The van der Waals surface area contributed by atoms with E-state index in [0.29, 0.717) is 37.7 Å². The van der Waals surface area contributed by atoms with Crippen molar-refractivity contribution in [3.05, 3.63) is 96.6 Å². The number of carbonyl (C=O) groups excluding carboxylic acids is 1. The minimum atomic E-state index is -0.771. The first-order valence-electron chi connectivity index (χ1n) is 11.2. The molecule has 0 amide bonds. The fourth-order valence-corrected chi connectivity index (χ4v) is 5.49. The van der Waals surface area contributed by atoms with Crippen molar-refractivity contribution in [2.45, 2.75) is 26.8 Å². The molecule has 7 nitrogen and oxygen atoms in total. The van der Waals surface area contributed by atoms with Crippen LogP contribution in [-0.4, -0.2) is 24.3 Å². The summed E-state index contributed by atoms with van der Waals surface area (Å²) < 4.78 is 18.9. The van der Waals surface area contributed by atoms with E-state index in [0.717, 1.165) is 16.5 Å². The second-order valence-corrected chi connectivity index (χ2v) is 9.16. The molecule has 1 atom stereocenters. The summed E-state index contributed by atoms with van der Waals surface area (Å²) in [5.41, 5.74) is 1.26. The second kappa shape index (κ2) is 9.03. The van der Waals surface area contributed by atoms with E-state index in [1.807, 2.05) is 55.5 Å². The number of rotatable bonds is 5. The molecule has 0 radical (unpaired) electrons. The lowest BCUT2D eigenvalue weighted by molar-refractivity contribution is -0.139. The molecule has 178 valence electrons. The Morgan fingerprint density at radius 1 is 1.17 bits per heavy atom. The van der Waals surface area contributed by atoms with Crippen molar-refractivity contribution in [2.24, 2.45) is 4.99 Å². The third-order valence-corrected chi connectivity index (χ3v) is 6.96. The summed E-state index contributed by atoms with van der Waals surface area (Å²) in [6, 6.07) is 14.5. The quantitative estimate of drug-likeness (QED) is 0.399. The lowest BCUT2D eigenvalue weighted by Crippen LogP contribution is -2.40. The van der Waals surface area contributed by atoms with Crippen molar-refractivity contribution >= 4 is 34.2 Å². The minimum Gasteiger partial charge on any atom is -0.496 e. The van der Waals surface area contributed by atoms with Gasteiger partial charge in [-0.3, -0.25) is 9.36 Å². The van der Waals surface area contributed by atoms with Crippen LogP contribution in [0.4, 0.5) is 0 Å². The summed E-state index contributed by atoms with van der Waals surface area (Å²) in [6.07, 6.45) is 1.71. The predicted octanol–water partition coefficient (Wildman–Crippen LogP) is 3.86. The number of ether oxygens (including phenoxy) is 2. The number of aromatic nitrogens is 1. The predicted molar refractivity (Wildman–Crippen MR) is 134 cm³/mol. The molecule has 0 N–H and O–H groups in total. The van der Waals surface area contributed by atoms with E-state index in [9.17, 15) is 9.59 Å². The van der Waals surface area contributed by atoms with Crippen LogP contribution in [0.1, 0.15) is 37.0 Å². The van der Waals surface area contributed by atoms with E-state index in [4.69, 9.17) is 13.9 Å². The number of methoxy groups -OCH3 is 1. The Balaban J connectivity index is 1.86. The van der Waals surface area contributed by atoms with Crippen LogP contribution in [0.5, 0.6) is 5.75 Å². The first kappa shape index (κ1) is 22.9. The maximum absolute atomic E-state index is 13.8. The van der Waals surface area contributed by atoms with Crippen molar-refractivity contribution < 1.29 is 18.7 Å². The fraction of sp³-hybridized carbons (Fsp3) is 0.222. The maximum Gasteiger partial charge on any atom is 0.338 e. The average molecular weight is 489 g/mol. The van der Waals surface area contributed by atoms with Crippen molar-refractivity contribution in [3.63, 3.8) is 0 Å². The number of fused-ring (bicyclic) bond motifs is 2. The lowest BCUT2D eigenvalue weighted by atomic mass is 9.90. The van der Waals surface area contributed by atoms with Gasteiger partial charge < -0.3 is 13.9 Å². The molecular formula is C27H24N2O5S. The lowest BCUT2D eigenvalue weighted by Gasteiger charge is -2.27. The van der Waals surface area contributed by atoms with Gasteiger partial charge in [0.05, 0.1) is 29.5 Å². The van der Waals surface area contributed by atoms with Crippen LogP contribution >= 0.6 is 11.3 Å². The van der Waals surface area contributed by atoms with Crippen molar-refractivity contribution in [1.29, 1.82) is 0 Å². The molecule has 0 fully saturated rings. The molecule has 1 aliphatic rings. The first-order valence-corrected chi connectivity index (χ1v) is 12.1. The third kappa shape index (κ3) is 3.89. The topological polar surface area (TPSA) is 83.0 Å². The molecule has 35 heavy (non-hydrogen) atoms. The van der Waals surface area contributed by atoms with Gasteiger partial charge in [-0.15, -0.1) is 0 Å². The Hall–Kier alpha value is -3.91. The molecule has 8 heteroatoms. The van der Waals surface area contributed by atoms with Gasteiger partial charge in [0.1, 0.15) is 23.3 Å². The summed E-state index contributed by atoms with van der Waals surface area (Å²) in [7, 11) is 1.58. The average Bonchev–Trinajstić information content (AvgIpc) is 3.39. The Labute approximate surface area is 205 Å². The van der Waals surface area contributed by atoms with Crippen LogP contribution in [0.3, 0.4) is 0 Å². The maximum atomic E-state index is 13.8. The number of benzene rings is 2. The molecule has 4 aromatic rings. The van der Waals surface area contributed by atoms with E-state index in [1.165, 1.54) is 11.3 Å². The van der Waals surface area contributed by atoms with Gasteiger partial charge >= 0.3 is 5.97 Å². The summed E-state index contributed by atoms with van der Waals surface area (Å²) in [5.74, 6) is 1.39. The minimum absolute atomic E-state index is 0.206. The standard InChI is InChI=1S/C27H24N2O5S/c1-5-33-26(31)22-16(3)28-27-29(25(30)21(35-27)14-18-12-10-15(2)34-18)24(22)23-19-9-7-6-8-17(19)11-13-20(23)32-4/h6-14,24H,5H2,1-4H3/b21-14-/t24-/m0/s1. The summed E-state index contributed by atoms with van der Waals surface area (Å²) >= 11 is 1.26. The van der Waals surface area contributed by atoms with Gasteiger partial charge in [0, 0.05) is 11.6 Å². The fourth-order valence-electron chi connectivity index (χ4n) is 4.46. The molecular weight excluding hydrogens is 464 g/mol. The van der Waals surface area contributed by atoms with Crippen LogP contribution in [0.25, 0.3) is 16.8 Å². The molecule has 0 saturated carbocycles. The summed E-state index contributed by atoms with van der Waals surface area (Å²) in [5, 5.41) is 1.85. The third-order valence-electron chi connectivity index (χ3n) is 5.98. The molecule has 0 saturated heterocycles. The number of aryl methyl sites for hydroxylation is 1. The zero-order valence-electron chi connectivity index (χ0n) is 19.8. The van der Waals surface area contributed by atoms with Gasteiger partial charge in [-0.25, -0.2) is 9.79 Å². The van der Waals surface area contributed by atoms with Crippen molar-refractivity contribution in [3.8, 4) is 5.75 Å². The first-order chi connectivity index (χ1) is 16.9. The highest BCUT2D eigenvalue weighted by molar-refractivity contribution is 7.07. The SMILES string of the molecule is CCOC(=O)C1=C(C)N=c2s/c(=C\c3ccc(C)o3)c(=O)n2[C@@H]1c1c(OC)ccc2ccccc12. The van der Waals surface area contributed by atoms with Crippen LogP contribution in [-0.2, 0) is 9.53 Å². The van der Waals surface area contributed by atoms with Crippen molar-refractivity contribution in [1.82, 2.24) is 4.57 Å². The van der Waals surface area contributed by atoms with Gasteiger partial charge in [-0.05, 0) is 49.7 Å². The zero-order chi connectivity index (χ0) is 24.7. The number of nitrogens with zero attached hydrogens (tertiary/aromatic N) is 2. The Bertz CT molecular complexity index is 1670.